The predicted molar refractivity (Wildman–Crippen MR) is 98.9 cm³/mol. The van der Waals surface area contributed by atoms with Crippen LogP contribution in [0.5, 0.6) is 0 Å². The van der Waals surface area contributed by atoms with E-state index in [1.165, 1.54) is 0 Å². The summed E-state index contributed by atoms with van der Waals surface area (Å²) in [7, 11) is 1.68. The summed E-state index contributed by atoms with van der Waals surface area (Å²) in [6.45, 7) is 6.82. The zero-order valence-corrected chi connectivity index (χ0v) is 15.4. The van der Waals surface area contributed by atoms with E-state index in [0.717, 1.165) is 44.0 Å². The van der Waals surface area contributed by atoms with Crippen LogP contribution in [0.2, 0.25) is 0 Å². The summed E-state index contributed by atoms with van der Waals surface area (Å²) in [5, 5.41) is 6.01. The first-order valence-corrected chi connectivity index (χ1v) is 9.02. The molecular formula is C19H29FN4O. The number of nitrogens with zero attached hydrogens (tertiary/aromatic N) is 2. The number of aryl methyl sites for hydroxylation is 1. The molecule has 0 spiro atoms. The lowest BCUT2D eigenvalue weighted by molar-refractivity contribution is -0.121. The van der Waals surface area contributed by atoms with Crippen molar-refractivity contribution in [2.45, 2.75) is 39.7 Å². The van der Waals surface area contributed by atoms with E-state index >= 15 is 0 Å². The highest BCUT2D eigenvalue weighted by atomic mass is 19.1. The first-order chi connectivity index (χ1) is 12.0. The summed E-state index contributed by atoms with van der Waals surface area (Å²) >= 11 is 0. The molecule has 1 amide bonds. The largest absolute Gasteiger partial charge is 0.359 e. The molecule has 0 atom stereocenters. The Labute approximate surface area is 149 Å². The van der Waals surface area contributed by atoms with Crippen LogP contribution in [0.15, 0.2) is 23.2 Å². The van der Waals surface area contributed by atoms with Gasteiger partial charge in [-0.2, -0.15) is 0 Å². The smallest absolute Gasteiger partial charge is 0.220 e. The second-order valence-electron chi connectivity index (χ2n) is 6.56. The highest BCUT2D eigenvalue weighted by molar-refractivity contribution is 5.80. The second kappa shape index (κ2) is 9.39. The molecule has 138 valence electrons. The lowest BCUT2D eigenvalue weighted by Crippen LogP contribution is -2.46. The SMILES string of the molecule is CCNC(=NCc1ccc(C)c(F)c1)N1CCC(CC(=O)NC)CC1. The number of piperidine rings is 1. The lowest BCUT2D eigenvalue weighted by Gasteiger charge is -2.34. The number of aliphatic imine (C=N–C) groups is 1. The van der Waals surface area contributed by atoms with Gasteiger partial charge in [0.1, 0.15) is 5.82 Å². The van der Waals surface area contributed by atoms with Gasteiger partial charge < -0.3 is 15.5 Å². The predicted octanol–water partition coefficient (Wildman–Crippen LogP) is 2.45. The van der Waals surface area contributed by atoms with Crippen molar-refractivity contribution in [1.29, 1.82) is 0 Å². The Bertz CT molecular complexity index is 609. The molecule has 0 aromatic heterocycles. The average Bonchev–Trinajstić information content (AvgIpc) is 2.62. The van der Waals surface area contributed by atoms with E-state index in [1.807, 2.05) is 13.0 Å². The maximum absolute atomic E-state index is 13.7. The topological polar surface area (TPSA) is 56.7 Å². The first-order valence-electron chi connectivity index (χ1n) is 9.02. The number of hydrogen-bond acceptors (Lipinski definition) is 2. The van der Waals surface area contributed by atoms with Crippen molar-refractivity contribution in [3.63, 3.8) is 0 Å². The van der Waals surface area contributed by atoms with Crippen molar-refractivity contribution in [2.75, 3.05) is 26.7 Å². The minimum atomic E-state index is -0.187. The molecule has 6 heteroatoms. The van der Waals surface area contributed by atoms with Crippen molar-refractivity contribution in [1.82, 2.24) is 15.5 Å². The third kappa shape index (κ3) is 5.73. The minimum Gasteiger partial charge on any atom is -0.359 e. The van der Waals surface area contributed by atoms with Crippen molar-refractivity contribution >= 4 is 11.9 Å². The first kappa shape index (κ1) is 19.2. The van der Waals surface area contributed by atoms with E-state index in [0.29, 0.717) is 24.4 Å². The van der Waals surface area contributed by atoms with Crippen LogP contribution in [0, 0.1) is 18.7 Å². The second-order valence-corrected chi connectivity index (χ2v) is 6.56. The van der Waals surface area contributed by atoms with Crippen LogP contribution in [0.25, 0.3) is 0 Å². The molecule has 1 aliphatic heterocycles. The monoisotopic (exact) mass is 348 g/mol. The van der Waals surface area contributed by atoms with Crippen molar-refractivity contribution in [3.8, 4) is 0 Å². The number of halogens is 1. The van der Waals surface area contributed by atoms with Gasteiger partial charge in [-0.1, -0.05) is 12.1 Å². The van der Waals surface area contributed by atoms with Crippen molar-refractivity contribution < 1.29 is 9.18 Å². The molecule has 1 aliphatic rings. The number of hydrogen-bond donors (Lipinski definition) is 2. The standard InChI is InChI=1S/C19H29FN4O/c1-4-22-19(23-13-16-6-5-14(2)17(20)11-16)24-9-7-15(8-10-24)12-18(25)21-3/h5-6,11,15H,4,7-10,12-13H2,1-3H3,(H,21,25)(H,22,23). The van der Waals surface area contributed by atoms with Crippen LogP contribution in [0.3, 0.4) is 0 Å². The summed E-state index contributed by atoms with van der Waals surface area (Å²) in [6.07, 6.45) is 2.56. The molecule has 0 radical (unpaired) electrons. The van der Waals surface area contributed by atoms with Crippen LogP contribution >= 0.6 is 0 Å². The zero-order chi connectivity index (χ0) is 18.2. The summed E-state index contributed by atoms with van der Waals surface area (Å²) in [5.74, 6) is 1.22. The summed E-state index contributed by atoms with van der Waals surface area (Å²) in [6, 6.07) is 5.26. The van der Waals surface area contributed by atoms with Crippen LogP contribution in [-0.2, 0) is 11.3 Å². The Morgan fingerprint density at radius 2 is 2.08 bits per heavy atom. The number of nitrogens with one attached hydrogen (secondary N) is 2. The fourth-order valence-corrected chi connectivity index (χ4v) is 3.04. The number of carbonyl (C=O) groups excluding carboxylic acids is 1. The number of guanidine groups is 1. The Morgan fingerprint density at radius 1 is 1.36 bits per heavy atom. The third-order valence-corrected chi connectivity index (χ3v) is 4.65. The van der Waals surface area contributed by atoms with E-state index < -0.39 is 0 Å². The fraction of sp³-hybridized carbons (Fsp3) is 0.579. The van der Waals surface area contributed by atoms with Gasteiger partial charge in [0.05, 0.1) is 6.54 Å². The molecule has 1 saturated heterocycles. The Kier molecular flexibility index (Phi) is 7.22. The van der Waals surface area contributed by atoms with Gasteiger partial charge in [0.25, 0.3) is 0 Å². The van der Waals surface area contributed by atoms with E-state index in [1.54, 1.807) is 26.1 Å². The van der Waals surface area contributed by atoms with Gasteiger partial charge in [-0.15, -0.1) is 0 Å². The zero-order valence-electron chi connectivity index (χ0n) is 15.4. The van der Waals surface area contributed by atoms with Crippen LogP contribution in [-0.4, -0.2) is 43.4 Å². The maximum Gasteiger partial charge on any atom is 0.220 e. The van der Waals surface area contributed by atoms with Gasteiger partial charge >= 0.3 is 0 Å². The molecule has 25 heavy (non-hydrogen) atoms. The molecule has 1 aromatic rings. The van der Waals surface area contributed by atoms with Gasteiger partial charge in [0, 0.05) is 33.1 Å². The Balaban J connectivity index is 1.96. The van der Waals surface area contributed by atoms with Crippen molar-refractivity contribution in [3.05, 3.63) is 35.1 Å². The number of rotatable bonds is 5. The minimum absolute atomic E-state index is 0.112. The van der Waals surface area contributed by atoms with Crippen molar-refractivity contribution in [2.24, 2.45) is 10.9 Å². The molecule has 1 fully saturated rings. The summed E-state index contributed by atoms with van der Waals surface area (Å²) in [4.78, 5) is 18.4. The molecule has 1 heterocycles. The van der Waals surface area contributed by atoms with E-state index in [9.17, 15) is 9.18 Å². The number of carbonyl (C=O) groups is 1. The molecule has 5 nitrogen and oxygen atoms in total. The molecule has 2 rings (SSSR count). The molecule has 2 N–H and O–H groups in total. The van der Waals surface area contributed by atoms with E-state index in [-0.39, 0.29) is 11.7 Å². The summed E-state index contributed by atoms with van der Waals surface area (Å²) in [5.41, 5.74) is 1.52. The van der Waals surface area contributed by atoms with Crippen LogP contribution in [0.1, 0.15) is 37.3 Å². The molecule has 0 bridgehead atoms. The van der Waals surface area contributed by atoms with Gasteiger partial charge in [-0.05, 0) is 49.8 Å². The maximum atomic E-state index is 13.7. The lowest BCUT2D eigenvalue weighted by atomic mass is 9.93. The molecule has 1 aromatic carbocycles. The third-order valence-electron chi connectivity index (χ3n) is 4.65. The molecular weight excluding hydrogens is 319 g/mol. The van der Waals surface area contributed by atoms with Gasteiger partial charge in [0.2, 0.25) is 5.91 Å². The number of likely N-dealkylation sites (tertiary alicyclic amines) is 1. The normalized spacial score (nSPS) is 16.0. The average molecular weight is 348 g/mol. The molecule has 0 unspecified atom stereocenters. The summed E-state index contributed by atoms with van der Waals surface area (Å²) < 4.78 is 13.7. The fourth-order valence-electron chi connectivity index (χ4n) is 3.04. The van der Waals surface area contributed by atoms with Gasteiger partial charge in [-0.3, -0.25) is 4.79 Å². The number of amides is 1. The Morgan fingerprint density at radius 3 is 2.68 bits per heavy atom. The van der Waals surface area contributed by atoms with Gasteiger partial charge in [-0.25, -0.2) is 9.38 Å². The van der Waals surface area contributed by atoms with E-state index in [4.69, 9.17) is 0 Å². The van der Waals surface area contributed by atoms with E-state index in [2.05, 4.69) is 20.5 Å². The van der Waals surface area contributed by atoms with Gasteiger partial charge in [0.15, 0.2) is 5.96 Å². The highest BCUT2D eigenvalue weighted by Gasteiger charge is 2.23. The highest BCUT2D eigenvalue weighted by Crippen LogP contribution is 2.20. The van der Waals surface area contributed by atoms with Crippen LogP contribution in [0.4, 0.5) is 4.39 Å². The Hall–Kier alpha value is -2.11. The molecule has 0 saturated carbocycles. The van der Waals surface area contributed by atoms with Crippen LogP contribution < -0.4 is 10.6 Å². The quantitative estimate of drug-likeness (QED) is 0.635. The molecule has 0 aliphatic carbocycles. The number of benzene rings is 1.